The molecule has 74 valence electrons. The molecule has 0 aromatic carbocycles. The molecule has 0 aromatic heterocycles. The fourth-order valence-corrected chi connectivity index (χ4v) is 2.56. The Kier molecular flexibility index (Phi) is 4.93. The lowest BCUT2D eigenvalue weighted by atomic mass is 10.5. The molecule has 6 heteroatoms. The van der Waals surface area contributed by atoms with Gasteiger partial charge in [0.25, 0.3) is 0 Å². The third-order valence-corrected chi connectivity index (χ3v) is 3.41. The summed E-state index contributed by atoms with van der Waals surface area (Å²) in [5.41, 5.74) is -0.312. The molecule has 2 atom stereocenters. The Morgan fingerprint density at radius 1 is 1.85 bits per heavy atom. The third kappa shape index (κ3) is 3.38. The zero-order valence-corrected chi connectivity index (χ0v) is 9.09. The predicted octanol–water partition coefficient (Wildman–Crippen LogP) is 1.71. The molecular weight excluding hydrogens is 211 g/mol. The van der Waals surface area contributed by atoms with Crippen molar-refractivity contribution in [2.24, 2.45) is 0 Å². The van der Waals surface area contributed by atoms with Crippen molar-refractivity contribution in [1.29, 1.82) is 5.26 Å². The molecule has 1 saturated heterocycles. The van der Waals surface area contributed by atoms with E-state index >= 15 is 0 Å². The van der Waals surface area contributed by atoms with Gasteiger partial charge in [0, 0.05) is 13.1 Å². The molecule has 0 saturated carbocycles. The third-order valence-electron chi connectivity index (χ3n) is 1.60. The topological polar surface area (TPSA) is 45.5 Å². The van der Waals surface area contributed by atoms with E-state index in [1.807, 2.05) is 11.6 Å². The van der Waals surface area contributed by atoms with Gasteiger partial charge in [-0.25, -0.2) is 4.67 Å². The number of alkyl halides is 1. The normalized spacial score (nSPS) is 26.7. The lowest BCUT2D eigenvalue weighted by Gasteiger charge is -2.31. The highest BCUT2D eigenvalue weighted by Crippen LogP contribution is 2.41. The second-order valence-corrected chi connectivity index (χ2v) is 4.54. The highest BCUT2D eigenvalue weighted by atomic mass is 35.5. The summed E-state index contributed by atoms with van der Waals surface area (Å²) in [6, 6.07) is 0. The standard InChI is InChI=1S/C7H12ClN2O2P/c1-2-12-13(6-9)10-3-4-11-7(8)5-10/h7H,2-5H2,1H3. The number of hydrogen-bond acceptors (Lipinski definition) is 4. The fraction of sp³-hybridized carbons (Fsp3) is 0.857. The van der Waals surface area contributed by atoms with Crippen molar-refractivity contribution in [1.82, 2.24) is 4.67 Å². The molecular formula is C7H12ClN2O2P. The maximum absolute atomic E-state index is 8.82. The first kappa shape index (κ1) is 11.2. The molecule has 0 spiro atoms. The Morgan fingerprint density at radius 2 is 2.62 bits per heavy atom. The molecule has 0 bridgehead atoms. The molecule has 2 unspecified atom stereocenters. The van der Waals surface area contributed by atoms with Crippen LogP contribution in [0.2, 0.25) is 0 Å². The van der Waals surface area contributed by atoms with Crippen molar-refractivity contribution in [3.05, 3.63) is 0 Å². The van der Waals surface area contributed by atoms with Gasteiger partial charge in [-0.2, -0.15) is 5.26 Å². The maximum atomic E-state index is 8.82. The Labute approximate surface area is 84.2 Å². The highest BCUT2D eigenvalue weighted by Gasteiger charge is 2.26. The number of rotatable bonds is 3. The van der Waals surface area contributed by atoms with Crippen LogP contribution in [0.4, 0.5) is 0 Å². The van der Waals surface area contributed by atoms with Gasteiger partial charge in [-0.1, -0.05) is 11.6 Å². The second-order valence-electron chi connectivity index (χ2n) is 2.48. The summed E-state index contributed by atoms with van der Waals surface area (Å²) in [6.07, 6.45) is 0. The van der Waals surface area contributed by atoms with Crippen molar-refractivity contribution in [3.63, 3.8) is 0 Å². The first-order valence-electron chi connectivity index (χ1n) is 4.11. The molecule has 0 N–H and O–H groups in total. The molecule has 0 radical (unpaired) electrons. The smallest absolute Gasteiger partial charge is 0.217 e. The van der Waals surface area contributed by atoms with E-state index < -0.39 is 8.30 Å². The number of morpholine rings is 1. The Morgan fingerprint density at radius 3 is 3.15 bits per heavy atom. The van der Waals surface area contributed by atoms with Crippen LogP contribution in [0.15, 0.2) is 0 Å². The first-order chi connectivity index (χ1) is 6.27. The van der Waals surface area contributed by atoms with Gasteiger partial charge in [-0.05, 0) is 6.92 Å². The fourth-order valence-electron chi connectivity index (χ4n) is 1.06. The minimum atomic E-state index is -1.13. The quantitative estimate of drug-likeness (QED) is 0.539. The number of hydrogen-bond donors (Lipinski definition) is 0. The zero-order chi connectivity index (χ0) is 9.68. The summed E-state index contributed by atoms with van der Waals surface area (Å²) in [4.78, 5) is 0. The summed E-state index contributed by atoms with van der Waals surface area (Å²) < 4.78 is 12.4. The van der Waals surface area contributed by atoms with Gasteiger partial charge < -0.3 is 9.26 Å². The lowest BCUT2D eigenvalue weighted by Crippen LogP contribution is -2.36. The van der Waals surface area contributed by atoms with Crippen LogP contribution in [0.5, 0.6) is 0 Å². The summed E-state index contributed by atoms with van der Waals surface area (Å²) in [5.74, 6) is 2.15. The number of nitriles is 1. The molecule has 1 fully saturated rings. The molecule has 1 aliphatic heterocycles. The first-order valence-corrected chi connectivity index (χ1v) is 5.76. The SMILES string of the molecule is CCOP(C#N)N1CCOC(Cl)C1. The highest BCUT2D eigenvalue weighted by molar-refractivity contribution is 7.55. The van der Waals surface area contributed by atoms with E-state index in [2.05, 4.69) is 5.81 Å². The Bertz CT molecular complexity index is 199. The molecule has 1 heterocycles. The van der Waals surface area contributed by atoms with Crippen LogP contribution >= 0.6 is 19.9 Å². The zero-order valence-electron chi connectivity index (χ0n) is 7.44. The van der Waals surface area contributed by atoms with Crippen molar-refractivity contribution in [3.8, 4) is 5.81 Å². The monoisotopic (exact) mass is 222 g/mol. The summed E-state index contributed by atoms with van der Waals surface area (Å²) in [6.45, 7) is 4.31. The van der Waals surface area contributed by atoms with Gasteiger partial charge in [0.05, 0.1) is 13.2 Å². The van der Waals surface area contributed by atoms with E-state index in [9.17, 15) is 0 Å². The summed E-state index contributed by atoms with van der Waals surface area (Å²) in [7, 11) is -1.13. The molecule has 0 amide bonds. The number of halogens is 1. The van der Waals surface area contributed by atoms with Crippen LogP contribution in [0.3, 0.4) is 0 Å². The molecule has 4 nitrogen and oxygen atoms in total. The van der Waals surface area contributed by atoms with Gasteiger partial charge in [-0.3, -0.25) is 0 Å². The van der Waals surface area contributed by atoms with Gasteiger partial charge in [0.15, 0.2) is 0 Å². The van der Waals surface area contributed by atoms with Gasteiger partial charge >= 0.3 is 0 Å². The van der Waals surface area contributed by atoms with Crippen LogP contribution in [0.1, 0.15) is 6.92 Å². The minimum Gasteiger partial charge on any atom is -0.360 e. The summed E-state index contributed by atoms with van der Waals surface area (Å²) >= 11 is 5.79. The van der Waals surface area contributed by atoms with E-state index in [0.717, 1.165) is 6.54 Å². The Balaban J connectivity index is 2.43. The molecule has 0 aromatic rings. The van der Waals surface area contributed by atoms with Crippen LogP contribution in [0, 0.1) is 11.1 Å². The van der Waals surface area contributed by atoms with E-state index in [4.69, 9.17) is 26.1 Å². The lowest BCUT2D eigenvalue weighted by molar-refractivity contribution is 0.0445. The average Bonchev–Trinajstić information content (AvgIpc) is 2.14. The summed E-state index contributed by atoms with van der Waals surface area (Å²) in [5, 5.41) is 8.82. The maximum Gasteiger partial charge on any atom is 0.217 e. The van der Waals surface area contributed by atoms with Crippen LogP contribution < -0.4 is 0 Å². The van der Waals surface area contributed by atoms with Gasteiger partial charge in [0.2, 0.25) is 8.30 Å². The van der Waals surface area contributed by atoms with Crippen LogP contribution in [-0.4, -0.2) is 36.5 Å². The Hall–Kier alpha value is 0.0900. The van der Waals surface area contributed by atoms with Crippen LogP contribution in [0.25, 0.3) is 0 Å². The van der Waals surface area contributed by atoms with Crippen molar-refractivity contribution in [2.45, 2.75) is 12.5 Å². The van der Waals surface area contributed by atoms with E-state index in [0.29, 0.717) is 19.8 Å². The predicted molar refractivity (Wildman–Crippen MR) is 51.3 cm³/mol. The van der Waals surface area contributed by atoms with E-state index in [1.165, 1.54) is 0 Å². The molecule has 0 aliphatic carbocycles. The van der Waals surface area contributed by atoms with Crippen molar-refractivity contribution < 1.29 is 9.26 Å². The van der Waals surface area contributed by atoms with Gasteiger partial charge in [0.1, 0.15) is 11.4 Å². The van der Waals surface area contributed by atoms with Crippen molar-refractivity contribution in [2.75, 3.05) is 26.3 Å². The largest absolute Gasteiger partial charge is 0.360 e. The second kappa shape index (κ2) is 5.74. The molecule has 1 aliphatic rings. The minimum absolute atomic E-state index is 0.312. The molecule has 1 rings (SSSR count). The van der Waals surface area contributed by atoms with Gasteiger partial charge in [-0.15, -0.1) is 0 Å². The van der Waals surface area contributed by atoms with Crippen molar-refractivity contribution >= 4 is 19.9 Å². The number of ether oxygens (including phenoxy) is 1. The number of nitrogens with zero attached hydrogens (tertiary/aromatic N) is 2. The molecule has 13 heavy (non-hydrogen) atoms. The van der Waals surface area contributed by atoms with Crippen LogP contribution in [-0.2, 0) is 9.26 Å². The van der Waals surface area contributed by atoms with E-state index in [1.54, 1.807) is 0 Å². The average molecular weight is 223 g/mol. The van der Waals surface area contributed by atoms with E-state index in [-0.39, 0.29) is 5.56 Å².